The molecule has 0 radical (unpaired) electrons. The monoisotopic (exact) mass is 300 g/mol. The quantitative estimate of drug-likeness (QED) is 0.882. The van der Waals surface area contributed by atoms with Gasteiger partial charge < -0.3 is 9.52 Å². The van der Waals surface area contributed by atoms with Crippen LogP contribution in [-0.2, 0) is 0 Å². The van der Waals surface area contributed by atoms with Crippen LogP contribution in [0.1, 0.15) is 24.8 Å². The summed E-state index contributed by atoms with van der Waals surface area (Å²) in [5.74, 6) is -2.84. The van der Waals surface area contributed by atoms with Gasteiger partial charge in [-0.3, -0.25) is 0 Å². The molecule has 2 aromatic rings. The van der Waals surface area contributed by atoms with E-state index in [1.165, 1.54) is 12.4 Å². The zero-order valence-corrected chi connectivity index (χ0v) is 11.0. The smallest absolute Gasteiger partial charge is 0.248 e. The average molecular weight is 301 g/mol. The van der Waals surface area contributed by atoms with Gasteiger partial charge >= 0.3 is 0 Å². The second kappa shape index (κ2) is 4.79. The zero-order chi connectivity index (χ0) is 14.3. The molecule has 0 aromatic carbocycles. The molecule has 0 bridgehead atoms. The Morgan fingerprint density at radius 3 is 2.80 bits per heavy atom. The van der Waals surface area contributed by atoms with Gasteiger partial charge in [0.25, 0.3) is 0 Å². The lowest BCUT2D eigenvalue weighted by Crippen LogP contribution is -2.38. The van der Waals surface area contributed by atoms with Crippen LogP contribution < -0.4 is 0 Å². The molecule has 7 heteroatoms. The normalized spacial score (nSPS) is 19.6. The minimum Gasteiger partial charge on any atom is -0.438 e. The van der Waals surface area contributed by atoms with Crippen molar-refractivity contribution in [2.45, 2.75) is 24.9 Å². The molecular formula is C13H11ClF2N2O2. The molecule has 1 unspecified atom stereocenters. The second-order valence-electron chi connectivity index (χ2n) is 4.87. The van der Waals surface area contributed by atoms with E-state index >= 15 is 0 Å². The fraction of sp³-hybridized carbons (Fsp3) is 0.385. The number of hydrogen-bond donors (Lipinski definition) is 1. The fourth-order valence-electron chi connectivity index (χ4n) is 2.25. The van der Waals surface area contributed by atoms with Gasteiger partial charge in [-0.2, -0.15) is 0 Å². The molecule has 1 aliphatic carbocycles. The third-order valence-corrected chi connectivity index (χ3v) is 3.67. The zero-order valence-electron chi connectivity index (χ0n) is 10.3. The van der Waals surface area contributed by atoms with E-state index in [2.05, 4.69) is 9.97 Å². The van der Waals surface area contributed by atoms with E-state index < -0.39 is 17.9 Å². The standard InChI is InChI=1S/C13H11ClF2N2O2/c14-11-8(2-1-3-17-11)9-6-18-12(20-9)10(19)7-4-13(15,16)5-7/h1-3,6-7,10,19H,4-5H2. The summed E-state index contributed by atoms with van der Waals surface area (Å²) >= 11 is 5.93. The van der Waals surface area contributed by atoms with Crippen molar-refractivity contribution in [2.75, 3.05) is 0 Å². The van der Waals surface area contributed by atoms with Crippen molar-refractivity contribution < 1.29 is 18.3 Å². The SMILES string of the molecule is OC(c1ncc(-c2cccnc2Cl)o1)C1CC(F)(F)C1. The summed E-state index contributed by atoms with van der Waals surface area (Å²) in [4.78, 5) is 7.84. The molecule has 0 aliphatic heterocycles. The minimum absolute atomic E-state index is 0.0282. The highest BCUT2D eigenvalue weighted by Crippen LogP contribution is 2.48. The van der Waals surface area contributed by atoms with Crippen molar-refractivity contribution in [3.63, 3.8) is 0 Å². The second-order valence-corrected chi connectivity index (χ2v) is 5.23. The molecule has 106 valence electrons. The van der Waals surface area contributed by atoms with E-state index in [9.17, 15) is 13.9 Å². The number of oxazole rings is 1. The number of aromatic nitrogens is 2. The van der Waals surface area contributed by atoms with Crippen molar-refractivity contribution in [1.82, 2.24) is 9.97 Å². The van der Waals surface area contributed by atoms with Crippen molar-refractivity contribution in [2.24, 2.45) is 5.92 Å². The molecule has 2 aromatic heterocycles. The third-order valence-electron chi connectivity index (χ3n) is 3.37. The molecule has 1 fully saturated rings. The van der Waals surface area contributed by atoms with Gasteiger partial charge in [0.2, 0.25) is 11.8 Å². The summed E-state index contributed by atoms with van der Waals surface area (Å²) in [7, 11) is 0. The summed E-state index contributed by atoms with van der Waals surface area (Å²) in [6.45, 7) is 0. The van der Waals surface area contributed by atoms with Gasteiger partial charge in [-0.25, -0.2) is 18.7 Å². The predicted molar refractivity (Wildman–Crippen MR) is 67.4 cm³/mol. The molecule has 3 rings (SSSR count). The van der Waals surface area contributed by atoms with Gasteiger partial charge in [-0.1, -0.05) is 11.6 Å². The molecular weight excluding hydrogens is 290 g/mol. The van der Waals surface area contributed by atoms with Crippen LogP contribution in [0.25, 0.3) is 11.3 Å². The average Bonchev–Trinajstić information content (AvgIpc) is 2.85. The molecule has 4 nitrogen and oxygen atoms in total. The van der Waals surface area contributed by atoms with Crippen molar-refractivity contribution in [3.05, 3.63) is 35.6 Å². The maximum Gasteiger partial charge on any atom is 0.248 e. The topological polar surface area (TPSA) is 59.2 Å². The van der Waals surface area contributed by atoms with E-state index in [0.29, 0.717) is 11.3 Å². The Labute approximate surface area is 118 Å². The van der Waals surface area contributed by atoms with Crippen LogP contribution >= 0.6 is 11.6 Å². The maximum absolute atomic E-state index is 12.8. The third kappa shape index (κ3) is 2.41. The largest absolute Gasteiger partial charge is 0.438 e. The molecule has 20 heavy (non-hydrogen) atoms. The first-order chi connectivity index (χ1) is 9.46. The number of rotatable bonds is 3. The molecule has 1 aliphatic rings. The van der Waals surface area contributed by atoms with Crippen LogP contribution in [0.2, 0.25) is 5.15 Å². The lowest BCUT2D eigenvalue weighted by Gasteiger charge is -2.36. The van der Waals surface area contributed by atoms with E-state index in [1.54, 1.807) is 12.1 Å². The number of aliphatic hydroxyl groups is 1. The highest BCUT2D eigenvalue weighted by molar-refractivity contribution is 6.31. The lowest BCUT2D eigenvalue weighted by atomic mass is 9.77. The molecule has 1 atom stereocenters. The fourth-order valence-corrected chi connectivity index (χ4v) is 2.46. The summed E-state index contributed by atoms with van der Waals surface area (Å²) in [6, 6.07) is 3.38. The first-order valence-corrected chi connectivity index (χ1v) is 6.46. The van der Waals surface area contributed by atoms with Crippen molar-refractivity contribution in [1.29, 1.82) is 0 Å². The number of aliphatic hydroxyl groups excluding tert-OH is 1. The van der Waals surface area contributed by atoms with E-state index in [1.807, 2.05) is 0 Å². The van der Waals surface area contributed by atoms with Gasteiger partial charge in [0.05, 0.1) is 11.8 Å². The Morgan fingerprint density at radius 1 is 1.40 bits per heavy atom. The van der Waals surface area contributed by atoms with Crippen LogP contribution in [0.5, 0.6) is 0 Å². The van der Waals surface area contributed by atoms with Crippen LogP contribution in [-0.4, -0.2) is 21.0 Å². The number of halogens is 3. The van der Waals surface area contributed by atoms with Gasteiger partial charge in [0, 0.05) is 25.0 Å². The number of hydrogen-bond acceptors (Lipinski definition) is 4. The molecule has 1 N–H and O–H groups in total. The van der Waals surface area contributed by atoms with Gasteiger partial charge in [-0.05, 0) is 12.1 Å². The summed E-state index contributed by atoms with van der Waals surface area (Å²) < 4.78 is 31.0. The number of pyridine rings is 1. The highest BCUT2D eigenvalue weighted by Gasteiger charge is 2.49. The Morgan fingerprint density at radius 2 is 2.15 bits per heavy atom. The first-order valence-electron chi connectivity index (χ1n) is 6.09. The molecule has 0 spiro atoms. The summed E-state index contributed by atoms with van der Waals surface area (Å²) in [5.41, 5.74) is 0.541. The maximum atomic E-state index is 12.8. The van der Waals surface area contributed by atoms with Crippen LogP contribution in [0.4, 0.5) is 8.78 Å². The minimum atomic E-state index is -2.69. The summed E-state index contributed by atoms with van der Waals surface area (Å²) in [6.07, 6.45) is 1.12. The Kier molecular flexibility index (Phi) is 3.22. The van der Waals surface area contributed by atoms with E-state index in [4.69, 9.17) is 16.0 Å². The first kappa shape index (κ1) is 13.5. The molecule has 0 saturated heterocycles. The van der Waals surface area contributed by atoms with Crippen molar-refractivity contribution >= 4 is 11.6 Å². The highest BCUT2D eigenvalue weighted by atomic mass is 35.5. The summed E-state index contributed by atoms with van der Waals surface area (Å²) in [5, 5.41) is 10.2. The molecule has 2 heterocycles. The van der Waals surface area contributed by atoms with Gasteiger partial charge in [-0.15, -0.1) is 0 Å². The van der Waals surface area contributed by atoms with Crippen LogP contribution in [0.3, 0.4) is 0 Å². The Bertz CT molecular complexity index is 624. The van der Waals surface area contributed by atoms with Gasteiger partial charge in [0.1, 0.15) is 11.3 Å². The van der Waals surface area contributed by atoms with E-state index in [-0.39, 0.29) is 23.9 Å². The van der Waals surface area contributed by atoms with Crippen molar-refractivity contribution in [3.8, 4) is 11.3 Å². The molecule has 0 amide bonds. The van der Waals surface area contributed by atoms with E-state index in [0.717, 1.165) is 0 Å². The number of alkyl halides is 2. The van der Waals surface area contributed by atoms with Gasteiger partial charge in [0.15, 0.2) is 5.76 Å². The van der Waals surface area contributed by atoms with Crippen LogP contribution in [0.15, 0.2) is 28.9 Å². The predicted octanol–water partition coefficient (Wildman–Crippen LogP) is 3.47. The molecule has 1 saturated carbocycles. The van der Waals surface area contributed by atoms with Crippen LogP contribution in [0, 0.1) is 5.92 Å². The lowest BCUT2D eigenvalue weighted by molar-refractivity contribution is -0.146. The number of nitrogens with zero attached hydrogens (tertiary/aromatic N) is 2. The Hall–Kier alpha value is -1.53. The Balaban J connectivity index is 1.79.